The summed E-state index contributed by atoms with van der Waals surface area (Å²) in [5.74, 6) is 0. The number of nitrogens with zero attached hydrogens (tertiary/aromatic N) is 1. The fourth-order valence-corrected chi connectivity index (χ4v) is 11.7. The van der Waals surface area contributed by atoms with Crippen molar-refractivity contribution in [3.8, 4) is 33.4 Å². The van der Waals surface area contributed by atoms with E-state index in [1.165, 1.54) is 71.4 Å². The lowest BCUT2D eigenvalue weighted by Crippen LogP contribution is -2.28. The van der Waals surface area contributed by atoms with Crippen molar-refractivity contribution in [1.82, 2.24) is 0 Å². The summed E-state index contributed by atoms with van der Waals surface area (Å²) in [6.45, 7) is 0. The number of hydrogen-bond acceptors (Lipinski definition) is 2. The minimum atomic E-state index is -0.547. The molecule has 69 heavy (non-hydrogen) atoms. The van der Waals surface area contributed by atoms with E-state index in [2.05, 4.69) is 266 Å². The standard InChI is InChI=1S/C67H43NO/c1-3-20-48(21-4-1)67(49-22-5-2-6-23-49)60-30-15-13-29-57(60)65-61(67)31-17-33-63(65)68(50-38-34-45(35-39-50)58-42-46-19-8-9-24-51(46)54-27-11-12-28-55(54)58)62-32-16-14-25-52(62)47-37-41-64-59(43-47)56-40-36-44-18-7-10-26-53(44)66(56)69-64/h1-43H. The van der Waals surface area contributed by atoms with Crippen molar-refractivity contribution in [2.24, 2.45) is 0 Å². The second-order valence-electron chi connectivity index (χ2n) is 18.3. The molecule has 0 aliphatic heterocycles. The van der Waals surface area contributed by atoms with Gasteiger partial charge < -0.3 is 9.32 Å². The van der Waals surface area contributed by atoms with E-state index in [4.69, 9.17) is 4.42 Å². The molecule has 1 aliphatic carbocycles. The predicted molar refractivity (Wildman–Crippen MR) is 289 cm³/mol. The van der Waals surface area contributed by atoms with Crippen LogP contribution in [0.5, 0.6) is 0 Å². The molecule has 2 nitrogen and oxygen atoms in total. The van der Waals surface area contributed by atoms with E-state index >= 15 is 0 Å². The van der Waals surface area contributed by atoms with Gasteiger partial charge in [0.25, 0.3) is 0 Å². The maximum Gasteiger partial charge on any atom is 0.143 e. The maximum absolute atomic E-state index is 6.64. The van der Waals surface area contributed by atoms with E-state index in [1.54, 1.807) is 0 Å². The first-order chi connectivity index (χ1) is 34.2. The molecule has 12 aromatic carbocycles. The molecule has 0 saturated heterocycles. The van der Waals surface area contributed by atoms with E-state index in [-0.39, 0.29) is 0 Å². The normalized spacial score (nSPS) is 12.8. The number of benzene rings is 12. The average Bonchev–Trinajstić information content (AvgIpc) is 3.96. The van der Waals surface area contributed by atoms with Crippen LogP contribution in [0.3, 0.4) is 0 Å². The van der Waals surface area contributed by atoms with Crippen molar-refractivity contribution in [1.29, 1.82) is 0 Å². The third-order valence-electron chi connectivity index (χ3n) is 14.7. The minimum absolute atomic E-state index is 0.547. The van der Waals surface area contributed by atoms with Crippen LogP contribution in [0.15, 0.2) is 265 Å². The summed E-state index contributed by atoms with van der Waals surface area (Å²) >= 11 is 0. The van der Waals surface area contributed by atoms with Gasteiger partial charge in [-0.05, 0) is 120 Å². The molecule has 13 aromatic rings. The van der Waals surface area contributed by atoms with E-state index < -0.39 is 5.41 Å². The van der Waals surface area contributed by atoms with Crippen molar-refractivity contribution in [2.45, 2.75) is 5.41 Å². The molecule has 1 aliphatic rings. The molecule has 2 heteroatoms. The highest BCUT2D eigenvalue weighted by Gasteiger charge is 2.47. The lowest BCUT2D eigenvalue weighted by atomic mass is 9.68. The lowest BCUT2D eigenvalue weighted by Gasteiger charge is -2.34. The summed E-state index contributed by atoms with van der Waals surface area (Å²) in [6, 6.07) is 95.7. The topological polar surface area (TPSA) is 16.4 Å². The first-order valence-corrected chi connectivity index (χ1v) is 23.8. The molecular formula is C67H43NO. The highest BCUT2D eigenvalue weighted by molar-refractivity contribution is 6.16. The number of rotatable bonds is 7. The van der Waals surface area contributed by atoms with Crippen molar-refractivity contribution in [3.63, 3.8) is 0 Å². The quantitative estimate of drug-likeness (QED) is 0.148. The van der Waals surface area contributed by atoms with Crippen molar-refractivity contribution < 1.29 is 4.42 Å². The Balaban J connectivity index is 1.02. The summed E-state index contributed by atoms with van der Waals surface area (Å²) < 4.78 is 6.64. The molecular weight excluding hydrogens is 835 g/mol. The number of hydrogen-bond donors (Lipinski definition) is 0. The van der Waals surface area contributed by atoms with Gasteiger partial charge in [0, 0.05) is 33.0 Å². The largest absolute Gasteiger partial charge is 0.455 e. The van der Waals surface area contributed by atoms with Crippen LogP contribution in [-0.2, 0) is 5.41 Å². The maximum atomic E-state index is 6.64. The van der Waals surface area contributed by atoms with Crippen LogP contribution in [0.25, 0.3) is 87.6 Å². The Hall–Kier alpha value is -8.98. The highest BCUT2D eigenvalue weighted by atomic mass is 16.3. The van der Waals surface area contributed by atoms with Crippen LogP contribution in [0.1, 0.15) is 22.3 Å². The van der Waals surface area contributed by atoms with E-state index in [1.807, 2.05) is 0 Å². The van der Waals surface area contributed by atoms with Crippen LogP contribution in [0, 0.1) is 0 Å². The molecule has 0 atom stereocenters. The third-order valence-corrected chi connectivity index (χ3v) is 14.7. The van der Waals surface area contributed by atoms with Gasteiger partial charge in [-0.1, -0.05) is 212 Å². The summed E-state index contributed by atoms with van der Waals surface area (Å²) in [5, 5.41) is 9.53. The molecule has 14 rings (SSSR count). The van der Waals surface area contributed by atoms with Gasteiger partial charge in [-0.3, -0.25) is 0 Å². The fourth-order valence-electron chi connectivity index (χ4n) is 11.7. The molecule has 0 saturated carbocycles. The SMILES string of the molecule is c1ccc(C2(c3ccccc3)c3ccccc3-c3c(N(c4ccc(-c5cc6ccccc6c6ccccc56)cc4)c4ccccc4-c4ccc5oc6c7ccccc7ccc6c5c4)cccc32)cc1. The summed E-state index contributed by atoms with van der Waals surface area (Å²) in [5.41, 5.74) is 16.7. The van der Waals surface area contributed by atoms with Crippen LogP contribution >= 0.6 is 0 Å². The van der Waals surface area contributed by atoms with Gasteiger partial charge in [-0.2, -0.15) is 0 Å². The van der Waals surface area contributed by atoms with E-state index in [9.17, 15) is 0 Å². The molecule has 0 radical (unpaired) electrons. The molecule has 0 amide bonds. The lowest BCUT2D eigenvalue weighted by molar-refractivity contribution is 0.672. The summed E-state index contributed by atoms with van der Waals surface area (Å²) in [7, 11) is 0. The summed E-state index contributed by atoms with van der Waals surface area (Å²) in [4.78, 5) is 2.50. The smallest absolute Gasteiger partial charge is 0.143 e. The third kappa shape index (κ3) is 5.92. The van der Waals surface area contributed by atoms with Gasteiger partial charge in [0.1, 0.15) is 11.2 Å². The van der Waals surface area contributed by atoms with Gasteiger partial charge in [-0.25, -0.2) is 0 Å². The number of furan rings is 1. The van der Waals surface area contributed by atoms with Crippen LogP contribution in [0.4, 0.5) is 17.1 Å². The fraction of sp³-hybridized carbons (Fsp3) is 0.0149. The predicted octanol–water partition coefficient (Wildman–Crippen LogP) is 18.2. The van der Waals surface area contributed by atoms with Crippen LogP contribution < -0.4 is 4.90 Å². The van der Waals surface area contributed by atoms with Gasteiger partial charge >= 0.3 is 0 Å². The molecule has 0 spiro atoms. The Labute approximate surface area is 400 Å². The first kappa shape index (κ1) is 39.2. The molecule has 0 fully saturated rings. The second-order valence-corrected chi connectivity index (χ2v) is 18.3. The van der Waals surface area contributed by atoms with Crippen LogP contribution in [0.2, 0.25) is 0 Å². The molecule has 0 bridgehead atoms. The minimum Gasteiger partial charge on any atom is -0.455 e. The van der Waals surface area contributed by atoms with Gasteiger partial charge in [0.2, 0.25) is 0 Å². The monoisotopic (exact) mass is 877 g/mol. The molecule has 1 aromatic heterocycles. The van der Waals surface area contributed by atoms with Crippen molar-refractivity contribution in [2.75, 3.05) is 4.90 Å². The Morgan fingerprint density at radius 3 is 1.70 bits per heavy atom. The van der Waals surface area contributed by atoms with Crippen LogP contribution in [-0.4, -0.2) is 0 Å². The zero-order chi connectivity index (χ0) is 45.5. The average molecular weight is 878 g/mol. The molecule has 1 heterocycles. The summed E-state index contributed by atoms with van der Waals surface area (Å²) in [6.07, 6.45) is 0. The zero-order valence-corrected chi connectivity index (χ0v) is 37.7. The van der Waals surface area contributed by atoms with Gasteiger partial charge in [0.15, 0.2) is 0 Å². The first-order valence-electron chi connectivity index (χ1n) is 23.8. The second kappa shape index (κ2) is 15.6. The Morgan fingerprint density at radius 2 is 0.913 bits per heavy atom. The highest BCUT2D eigenvalue weighted by Crippen LogP contribution is 2.60. The Kier molecular flexibility index (Phi) is 8.84. The number of fused-ring (bicyclic) bond motifs is 11. The van der Waals surface area contributed by atoms with Crippen molar-refractivity contribution >= 4 is 71.3 Å². The molecule has 322 valence electrons. The number of para-hydroxylation sites is 1. The van der Waals surface area contributed by atoms with E-state index in [0.717, 1.165) is 55.5 Å². The number of anilines is 3. The van der Waals surface area contributed by atoms with Gasteiger partial charge in [0.05, 0.1) is 16.8 Å². The van der Waals surface area contributed by atoms with Crippen molar-refractivity contribution in [3.05, 3.63) is 283 Å². The Morgan fingerprint density at radius 1 is 0.319 bits per heavy atom. The Bertz CT molecular complexity index is 4090. The van der Waals surface area contributed by atoms with E-state index in [0.29, 0.717) is 0 Å². The van der Waals surface area contributed by atoms with Gasteiger partial charge in [-0.15, -0.1) is 0 Å². The molecule has 0 unspecified atom stereocenters. The zero-order valence-electron chi connectivity index (χ0n) is 37.7. The molecule has 0 N–H and O–H groups in total.